The quantitative estimate of drug-likeness (QED) is 0.274. The van der Waals surface area contributed by atoms with Crippen molar-refractivity contribution >= 4 is 35.4 Å². The molecule has 2 aliphatic rings. The number of carbonyl (C=O) groups is 4. The summed E-state index contributed by atoms with van der Waals surface area (Å²) in [7, 11) is 0. The maximum atomic E-state index is 13.0. The van der Waals surface area contributed by atoms with Crippen LogP contribution >= 0.6 is 11.8 Å². The summed E-state index contributed by atoms with van der Waals surface area (Å²) in [4.78, 5) is 51.1. The second-order valence-electron chi connectivity index (χ2n) is 7.19. The van der Waals surface area contributed by atoms with E-state index < -0.39 is 29.7 Å². The summed E-state index contributed by atoms with van der Waals surface area (Å²) in [6.45, 7) is 2.87. The van der Waals surface area contributed by atoms with Crippen molar-refractivity contribution in [2.75, 3.05) is 38.7 Å². The van der Waals surface area contributed by atoms with Gasteiger partial charge >= 0.3 is 0 Å². The van der Waals surface area contributed by atoms with Gasteiger partial charge in [-0.3, -0.25) is 29.4 Å². The van der Waals surface area contributed by atoms with Crippen LogP contribution < -0.4 is 11.1 Å². The minimum atomic E-state index is -0.955. The SMILES string of the molecule is NCCCOCCOCCCSc1cccc2c1C(=O)N(C1CCC(=O)NC1=O)C2=O. The van der Waals surface area contributed by atoms with Gasteiger partial charge in [0.15, 0.2) is 0 Å². The monoisotopic (exact) mass is 449 g/mol. The Morgan fingerprint density at radius 2 is 1.77 bits per heavy atom. The highest BCUT2D eigenvalue weighted by Crippen LogP contribution is 2.34. The van der Waals surface area contributed by atoms with E-state index in [0.717, 1.165) is 17.7 Å². The number of nitrogens with one attached hydrogen (secondary N) is 1. The maximum absolute atomic E-state index is 13.0. The zero-order valence-corrected chi connectivity index (χ0v) is 18.1. The lowest BCUT2D eigenvalue weighted by Gasteiger charge is -2.27. The Hall–Kier alpha value is -2.27. The minimum Gasteiger partial charge on any atom is -0.379 e. The van der Waals surface area contributed by atoms with E-state index in [-0.39, 0.29) is 12.8 Å². The lowest BCUT2D eigenvalue weighted by Crippen LogP contribution is -2.54. The summed E-state index contributed by atoms with van der Waals surface area (Å²) in [5.74, 6) is -1.26. The van der Waals surface area contributed by atoms with Crippen LogP contribution in [-0.2, 0) is 19.1 Å². The van der Waals surface area contributed by atoms with Gasteiger partial charge in [0.05, 0.1) is 24.3 Å². The molecular weight excluding hydrogens is 422 g/mol. The highest BCUT2D eigenvalue weighted by Gasteiger charge is 2.45. The van der Waals surface area contributed by atoms with E-state index in [1.807, 2.05) is 0 Å². The predicted molar refractivity (Wildman–Crippen MR) is 114 cm³/mol. The molecule has 0 radical (unpaired) electrons. The smallest absolute Gasteiger partial charge is 0.263 e. The molecule has 1 aromatic carbocycles. The van der Waals surface area contributed by atoms with Gasteiger partial charge in [-0.25, -0.2) is 0 Å². The van der Waals surface area contributed by atoms with E-state index in [1.165, 1.54) is 11.8 Å². The summed E-state index contributed by atoms with van der Waals surface area (Å²) >= 11 is 1.48. The van der Waals surface area contributed by atoms with Crippen LogP contribution in [0.4, 0.5) is 0 Å². The molecule has 0 spiro atoms. The molecule has 3 rings (SSSR count). The Balaban J connectivity index is 1.51. The first-order valence-electron chi connectivity index (χ1n) is 10.4. The zero-order valence-electron chi connectivity index (χ0n) is 17.3. The summed E-state index contributed by atoms with van der Waals surface area (Å²) in [6.07, 6.45) is 1.85. The highest BCUT2D eigenvalue weighted by atomic mass is 32.2. The molecule has 1 aromatic rings. The molecule has 3 N–H and O–H groups in total. The fraction of sp³-hybridized carbons (Fsp3) is 0.524. The number of amides is 4. The number of nitrogens with two attached hydrogens (primary N) is 1. The fourth-order valence-corrected chi connectivity index (χ4v) is 4.45. The topological polar surface area (TPSA) is 128 Å². The average molecular weight is 450 g/mol. The normalized spacial score (nSPS) is 18.5. The third-order valence-corrected chi connectivity index (χ3v) is 6.13. The molecule has 0 bridgehead atoms. The molecule has 9 nitrogen and oxygen atoms in total. The number of rotatable bonds is 12. The third kappa shape index (κ3) is 5.70. The first-order chi connectivity index (χ1) is 15.0. The molecule has 2 aliphatic heterocycles. The number of hydrogen-bond donors (Lipinski definition) is 2. The van der Waals surface area contributed by atoms with E-state index in [4.69, 9.17) is 15.2 Å². The Bertz CT molecular complexity index is 846. The Morgan fingerprint density at radius 1 is 1.03 bits per heavy atom. The minimum absolute atomic E-state index is 0.101. The molecule has 1 atom stereocenters. The fourth-order valence-electron chi connectivity index (χ4n) is 3.45. The number of hydrogen-bond acceptors (Lipinski definition) is 8. The van der Waals surface area contributed by atoms with Crippen LogP contribution in [0.25, 0.3) is 0 Å². The van der Waals surface area contributed by atoms with Gasteiger partial charge < -0.3 is 15.2 Å². The van der Waals surface area contributed by atoms with Crippen molar-refractivity contribution in [3.63, 3.8) is 0 Å². The predicted octanol–water partition coefficient (Wildman–Crippen LogP) is 0.952. The summed E-state index contributed by atoms with van der Waals surface area (Å²) in [5.41, 5.74) is 6.02. The second kappa shape index (κ2) is 11.4. The Morgan fingerprint density at radius 3 is 2.48 bits per heavy atom. The van der Waals surface area contributed by atoms with Crippen LogP contribution in [0.1, 0.15) is 46.4 Å². The lowest BCUT2D eigenvalue weighted by atomic mass is 10.0. The van der Waals surface area contributed by atoms with Crippen LogP contribution in [0.3, 0.4) is 0 Å². The van der Waals surface area contributed by atoms with Crippen molar-refractivity contribution < 1.29 is 28.7 Å². The summed E-state index contributed by atoms with van der Waals surface area (Å²) in [6, 6.07) is 4.17. The number of nitrogens with zero attached hydrogens (tertiary/aromatic N) is 1. The summed E-state index contributed by atoms with van der Waals surface area (Å²) in [5, 5.41) is 2.20. The number of carbonyl (C=O) groups excluding carboxylic acids is 4. The Kier molecular flexibility index (Phi) is 8.59. The zero-order chi connectivity index (χ0) is 22.2. The largest absolute Gasteiger partial charge is 0.379 e. The number of piperidine rings is 1. The number of fused-ring (bicyclic) bond motifs is 1. The van der Waals surface area contributed by atoms with Gasteiger partial charge in [0.2, 0.25) is 11.8 Å². The molecule has 168 valence electrons. The molecular formula is C21H27N3O6S. The maximum Gasteiger partial charge on any atom is 0.263 e. The van der Waals surface area contributed by atoms with Crippen LogP contribution in [0, 0.1) is 0 Å². The van der Waals surface area contributed by atoms with Gasteiger partial charge in [0.25, 0.3) is 11.8 Å². The average Bonchev–Trinajstić information content (AvgIpc) is 3.01. The number of ether oxygens (including phenoxy) is 2. The first kappa shape index (κ1) is 23.4. The van der Waals surface area contributed by atoms with Crippen molar-refractivity contribution in [1.82, 2.24) is 10.2 Å². The van der Waals surface area contributed by atoms with Crippen molar-refractivity contribution in [3.05, 3.63) is 29.3 Å². The van der Waals surface area contributed by atoms with Gasteiger partial charge in [-0.1, -0.05) is 6.07 Å². The van der Waals surface area contributed by atoms with E-state index in [9.17, 15) is 19.2 Å². The summed E-state index contributed by atoms with van der Waals surface area (Å²) < 4.78 is 10.9. The molecule has 4 amide bonds. The van der Waals surface area contributed by atoms with E-state index in [2.05, 4.69) is 5.32 Å². The van der Waals surface area contributed by atoms with Crippen LogP contribution in [0.15, 0.2) is 23.1 Å². The van der Waals surface area contributed by atoms with Crippen molar-refractivity contribution in [3.8, 4) is 0 Å². The molecule has 2 heterocycles. The molecule has 0 saturated carbocycles. The van der Waals surface area contributed by atoms with Crippen LogP contribution in [0.5, 0.6) is 0 Å². The lowest BCUT2D eigenvalue weighted by molar-refractivity contribution is -0.136. The molecule has 10 heteroatoms. The number of benzene rings is 1. The van der Waals surface area contributed by atoms with Gasteiger partial charge in [-0.2, -0.15) is 0 Å². The van der Waals surface area contributed by atoms with Crippen molar-refractivity contribution in [2.45, 2.75) is 36.6 Å². The molecule has 31 heavy (non-hydrogen) atoms. The number of thioether (sulfide) groups is 1. The number of imide groups is 2. The van der Waals surface area contributed by atoms with Gasteiger partial charge in [-0.15, -0.1) is 11.8 Å². The molecule has 1 unspecified atom stereocenters. The van der Waals surface area contributed by atoms with Gasteiger partial charge in [0, 0.05) is 30.3 Å². The highest BCUT2D eigenvalue weighted by molar-refractivity contribution is 7.99. The van der Waals surface area contributed by atoms with Crippen molar-refractivity contribution in [2.24, 2.45) is 5.73 Å². The second-order valence-corrected chi connectivity index (χ2v) is 8.33. The Labute approximate surface area is 185 Å². The molecule has 0 aliphatic carbocycles. The van der Waals surface area contributed by atoms with E-state index in [1.54, 1.807) is 18.2 Å². The van der Waals surface area contributed by atoms with Crippen LogP contribution in [0.2, 0.25) is 0 Å². The van der Waals surface area contributed by atoms with E-state index in [0.29, 0.717) is 54.7 Å². The van der Waals surface area contributed by atoms with E-state index >= 15 is 0 Å². The van der Waals surface area contributed by atoms with Gasteiger partial charge in [-0.05, 0) is 37.9 Å². The van der Waals surface area contributed by atoms with Crippen molar-refractivity contribution in [1.29, 1.82) is 0 Å². The first-order valence-corrected chi connectivity index (χ1v) is 11.4. The van der Waals surface area contributed by atoms with Gasteiger partial charge in [0.1, 0.15) is 6.04 Å². The molecule has 1 fully saturated rings. The molecule has 1 saturated heterocycles. The van der Waals surface area contributed by atoms with Crippen LogP contribution in [-0.4, -0.2) is 73.3 Å². The standard InChI is InChI=1S/C21H27N3O6S/c22-8-2-9-29-11-12-30-10-3-13-31-16-5-1-4-14-18(16)21(28)24(20(14)27)15-6-7-17(25)23-19(15)26/h1,4-5,15H,2-3,6-13,22H2,(H,23,25,26). The molecule has 0 aromatic heterocycles. The third-order valence-electron chi connectivity index (χ3n) is 4.99.